The number of rotatable bonds is 6. The van der Waals surface area contributed by atoms with E-state index in [1.807, 2.05) is 6.92 Å². The quantitative estimate of drug-likeness (QED) is 0.752. The van der Waals surface area contributed by atoms with Gasteiger partial charge in [-0.15, -0.1) is 0 Å². The first-order chi connectivity index (χ1) is 10.5. The molecule has 22 heavy (non-hydrogen) atoms. The number of hydrogen-bond acceptors (Lipinski definition) is 5. The lowest BCUT2D eigenvalue weighted by molar-refractivity contribution is 0.320. The molecule has 0 N–H and O–H groups in total. The van der Waals surface area contributed by atoms with E-state index in [4.69, 9.17) is 20.2 Å². The normalized spacial score (nSPS) is 15.2. The van der Waals surface area contributed by atoms with Crippen LogP contribution in [0.3, 0.4) is 0 Å². The summed E-state index contributed by atoms with van der Waals surface area (Å²) < 4.78 is 34.5. The van der Waals surface area contributed by atoms with E-state index >= 15 is 0 Å². The van der Waals surface area contributed by atoms with Gasteiger partial charge < -0.3 is 4.42 Å². The molecule has 118 valence electrons. The van der Waals surface area contributed by atoms with E-state index in [1.54, 1.807) is 12.1 Å². The molecule has 1 aromatic heterocycles. The smallest absolute Gasteiger partial charge is 0.296 e. The standard InChI is InChI=1S/C15H16ClNO4S/c1-10-2-6-12(7-3-10)22(18,19)20-9-8-13-14(16)21-15(17-13)11-4-5-11/h2-3,6-7,11H,4-5,8-9H2,1H3. The second kappa shape index (κ2) is 6.02. The van der Waals surface area contributed by atoms with Crippen molar-refractivity contribution in [2.75, 3.05) is 6.61 Å². The summed E-state index contributed by atoms with van der Waals surface area (Å²) in [6.07, 6.45) is 2.42. The van der Waals surface area contributed by atoms with E-state index in [9.17, 15) is 8.42 Å². The fourth-order valence-corrected chi connectivity index (χ4v) is 3.15. The van der Waals surface area contributed by atoms with Crippen molar-refractivity contribution in [2.45, 2.75) is 37.0 Å². The first kappa shape index (κ1) is 15.5. The molecule has 0 bridgehead atoms. The van der Waals surface area contributed by atoms with Gasteiger partial charge in [-0.25, -0.2) is 4.98 Å². The summed E-state index contributed by atoms with van der Waals surface area (Å²) >= 11 is 5.97. The predicted octanol–water partition coefficient (Wildman–Crippen LogP) is 3.46. The first-order valence-corrected chi connectivity index (χ1v) is 8.85. The van der Waals surface area contributed by atoms with E-state index in [-0.39, 0.29) is 16.7 Å². The monoisotopic (exact) mass is 341 g/mol. The molecule has 1 aliphatic rings. The van der Waals surface area contributed by atoms with Crippen molar-refractivity contribution in [2.24, 2.45) is 0 Å². The summed E-state index contributed by atoms with van der Waals surface area (Å²) in [4.78, 5) is 4.44. The number of nitrogens with zero attached hydrogens (tertiary/aromatic N) is 1. The average Bonchev–Trinajstić information content (AvgIpc) is 3.25. The van der Waals surface area contributed by atoms with Crippen molar-refractivity contribution in [3.63, 3.8) is 0 Å². The summed E-state index contributed by atoms with van der Waals surface area (Å²) in [5.41, 5.74) is 1.53. The van der Waals surface area contributed by atoms with Gasteiger partial charge in [0.2, 0.25) is 5.22 Å². The lowest BCUT2D eigenvalue weighted by atomic mass is 10.2. The minimum Gasteiger partial charge on any atom is -0.429 e. The Morgan fingerprint density at radius 1 is 1.32 bits per heavy atom. The Bertz CT molecular complexity index is 763. The molecule has 0 atom stereocenters. The number of halogens is 1. The first-order valence-electron chi connectivity index (χ1n) is 7.07. The van der Waals surface area contributed by atoms with E-state index in [0.29, 0.717) is 23.9 Å². The zero-order chi connectivity index (χ0) is 15.7. The van der Waals surface area contributed by atoms with E-state index in [2.05, 4.69) is 4.98 Å². The van der Waals surface area contributed by atoms with Crippen LogP contribution >= 0.6 is 11.6 Å². The van der Waals surface area contributed by atoms with Gasteiger partial charge in [0.05, 0.1) is 11.5 Å². The largest absolute Gasteiger partial charge is 0.429 e. The maximum absolute atomic E-state index is 12.0. The molecule has 5 nitrogen and oxygen atoms in total. The SMILES string of the molecule is Cc1ccc(S(=O)(=O)OCCc2nc(C3CC3)oc2Cl)cc1. The molecule has 2 aromatic rings. The number of aromatic nitrogens is 1. The Morgan fingerprint density at radius 3 is 2.64 bits per heavy atom. The molecule has 1 aromatic carbocycles. The highest BCUT2D eigenvalue weighted by Crippen LogP contribution is 2.40. The van der Waals surface area contributed by atoms with Crippen LogP contribution in [0.15, 0.2) is 33.6 Å². The van der Waals surface area contributed by atoms with Crippen LogP contribution in [-0.4, -0.2) is 20.0 Å². The highest BCUT2D eigenvalue weighted by Gasteiger charge is 2.30. The van der Waals surface area contributed by atoms with Crippen LogP contribution in [0.25, 0.3) is 0 Å². The van der Waals surface area contributed by atoms with Gasteiger partial charge in [0, 0.05) is 12.3 Å². The molecule has 0 spiro atoms. The Labute approximate surface area is 134 Å². The van der Waals surface area contributed by atoms with Crippen LogP contribution in [0.1, 0.15) is 35.9 Å². The molecule has 0 aliphatic heterocycles. The summed E-state index contributed by atoms with van der Waals surface area (Å²) in [6, 6.07) is 6.51. The molecule has 1 saturated carbocycles. The topological polar surface area (TPSA) is 69.4 Å². The molecule has 7 heteroatoms. The van der Waals surface area contributed by atoms with Crippen LogP contribution in [0.2, 0.25) is 5.22 Å². The number of aryl methyl sites for hydroxylation is 1. The second-order valence-corrected chi connectivity index (χ2v) is 7.34. The summed E-state index contributed by atoms with van der Waals surface area (Å²) in [7, 11) is -3.76. The fourth-order valence-electron chi connectivity index (χ4n) is 2.03. The van der Waals surface area contributed by atoms with E-state index in [0.717, 1.165) is 18.4 Å². The molecule has 0 radical (unpaired) electrons. The summed E-state index contributed by atoms with van der Waals surface area (Å²) in [5.74, 6) is 1.00. The van der Waals surface area contributed by atoms with Crippen LogP contribution in [-0.2, 0) is 20.7 Å². The highest BCUT2D eigenvalue weighted by atomic mass is 35.5. The van der Waals surface area contributed by atoms with Crippen molar-refractivity contribution in [3.05, 3.63) is 46.6 Å². The van der Waals surface area contributed by atoms with Crippen LogP contribution in [0, 0.1) is 6.92 Å². The lowest BCUT2D eigenvalue weighted by Gasteiger charge is -2.05. The Kier molecular flexibility index (Phi) is 4.25. The summed E-state index contributed by atoms with van der Waals surface area (Å²) in [6.45, 7) is 1.87. The third-order valence-corrected chi connectivity index (χ3v) is 5.10. The molecule has 1 fully saturated rings. The lowest BCUT2D eigenvalue weighted by Crippen LogP contribution is -2.09. The molecule has 0 saturated heterocycles. The van der Waals surface area contributed by atoms with Gasteiger partial charge in [-0.2, -0.15) is 8.42 Å². The minimum atomic E-state index is -3.76. The van der Waals surface area contributed by atoms with Gasteiger partial charge in [0.25, 0.3) is 10.1 Å². The predicted molar refractivity (Wildman–Crippen MR) is 81.5 cm³/mol. The molecular weight excluding hydrogens is 326 g/mol. The minimum absolute atomic E-state index is 0.0213. The zero-order valence-corrected chi connectivity index (χ0v) is 13.7. The Hall–Kier alpha value is -1.37. The van der Waals surface area contributed by atoms with E-state index < -0.39 is 10.1 Å². The van der Waals surface area contributed by atoms with Crippen molar-refractivity contribution >= 4 is 21.7 Å². The van der Waals surface area contributed by atoms with Gasteiger partial charge in [0.1, 0.15) is 5.69 Å². The highest BCUT2D eigenvalue weighted by molar-refractivity contribution is 7.86. The second-order valence-electron chi connectivity index (χ2n) is 5.39. The van der Waals surface area contributed by atoms with E-state index in [1.165, 1.54) is 12.1 Å². The van der Waals surface area contributed by atoms with Crippen molar-refractivity contribution < 1.29 is 17.0 Å². The van der Waals surface area contributed by atoms with Crippen LogP contribution < -0.4 is 0 Å². The van der Waals surface area contributed by atoms with Gasteiger partial charge in [-0.3, -0.25) is 4.18 Å². The molecule has 0 unspecified atom stereocenters. The number of hydrogen-bond donors (Lipinski definition) is 0. The Morgan fingerprint density at radius 2 is 2.00 bits per heavy atom. The van der Waals surface area contributed by atoms with Crippen LogP contribution in [0.4, 0.5) is 0 Å². The van der Waals surface area contributed by atoms with Crippen molar-refractivity contribution in [3.8, 4) is 0 Å². The Balaban J connectivity index is 1.61. The number of oxazole rings is 1. The maximum atomic E-state index is 12.0. The molecular formula is C15H16ClNO4S. The van der Waals surface area contributed by atoms with Crippen molar-refractivity contribution in [1.29, 1.82) is 0 Å². The van der Waals surface area contributed by atoms with Crippen molar-refractivity contribution in [1.82, 2.24) is 4.98 Å². The van der Waals surface area contributed by atoms with Gasteiger partial charge in [-0.1, -0.05) is 17.7 Å². The fraction of sp³-hybridized carbons (Fsp3) is 0.400. The van der Waals surface area contributed by atoms with Gasteiger partial charge in [0.15, 0.2) is 5.89 Å². The third-order valence-electron chi connectivity index (χ3n) is 3.48. The third kappa shape index (κ3) is 3.51. The average molecular weight is 342 g/mol. The number of benzene rings is 1. The maximum Gasteiger partial charge on any atom is 0.296 e. The van der Waals surface area contributed by atoms with Gasteiger partial charge in [-0.05, 0) is 43.5 Å². The van der Waals surface area contributed by atoms with Gasteiger partial charge >= 0.3 is 0 Å². The zero-order valence-electron chi connectivity index (χ0n) is 12.1. The molecule has 3 rings (SSSR count). The summed E-state index contributed by atoms with van der Waals surface area (Å²) in [5, 5.41) is 0.221. The molecule has 1 heterocycles. The molecule has 0 amide bonds. The van der Waals surface area contributed by atoms with Crippen LogP contribution in [0.5, 0.6) is 0 Å². The molecule has 1 aliphatic carbocycles.